The predicted molar refractivity (Wildman–Crippen MR) is 108 cm³/mol. The van der Waals surface area contributed by atoms with E-state index in [1.807, 2.05) is 0 Å². The summed E-state index contributed by atoms with van der Waals surface area (Å²) in [7, 11) is 1.19. The molecule has 0 aliphatic rings. The molecule has 0 amide bonds. The van der Waals surface area contributed by atoms with Crippen LogP contribution in [0.2, 0.25) is 0 Å². The number of rotatable bonds is 8. The van der Waals surface area contributed by atoms with Gasteiger partial charge >= 0.3 is 7.82 Å². The van der Waals surface area contributed by atoms with Crippen LogP contribution in [0.1, 0.15) is 11.1 Å². The van der Waals surface area contributed by atoms with Gasteiger partial charge in [0.15, 0.2) is 17.2 Å². The zero-order valence-corrected chi connectivity index (χ0v) is 18.1. The molecule has 0 aromatic heterocycles. The minimum Gasteiger partial charge on any atom is -0.495 e. The average molecular weight is 475 g/mol. The van der Waals surface area contributed by atoms with Gasteiger partial charge in [-0.15, -0.1) is 0 Å². The van der Waals surface area contributed by atoms with Gasteiger partial charge in [0, 0.05) is 5.56 Å². The highest BCUT2D eigenvalue weighted by molar-refractivity contribution is 9.10. The van der Waals surface area contributed by atoms with Gasteiger partial charge in [-0.2, -0.15) is 0 Å². The van der Waals surface area contributed by atoms with Crippen molar-refractivity contribution in [3.05, 3.63) is 39.9 Å². The fourth-order valence-corrected chi connectivity index (χ4v) is 3.60. The van der Waals surface area contributed by atoms with E-state index in [9.17, 15) is 14.4 Å². The summed E-state index contributed by atoms with van der Waals surface area (Å²) < 4.78 is 37.6. The smallest absolute Gasteiger partial charge is 0.495 e. The van der Waals surface area contributed by atoms with Crippen LogP contribution in [-0.4, -0.2) is 38.2 Å². The van der Waals surface area contributed by atoms with Crippen molar-refractivity contribution < 1.29 is 37.8 Å². The Kier molecular flexibility index (Phi) is 7.37. The standard InChI is InChI=1S/C18H20BrO8P/c1-23-13-8-7-12(17(16(13)19)27-28(20,21)22)6-5-11-9-14(24-2)18(26-4)15(10-11)25-3/h5-10H,1-4H3,(H2,20,21,22). The van der Waals surface area contributed by atoms with Crippen molar-refractivity contribution in [3.8, 4) is 28.7 Å². The van der Waals surface area contributed by atoms with E-state index in [1.165, 1.54) is 28.4 Å². The van der Waals surface area contributed by atoms with Crippen molar-refractivity contribution in [2.45, 2.75) is 0 Å². The molecule has 2 N–H and O–H groups in total. The summed E-state index contributed by atoms with van der Waals surface area (Å²) in [5.41, 5.74) is 1.13. The molecule has 0 fully saturated rings. The summed E-state index contributed by atoms with van der Waals surface area (Å²) in [4.78, 5) is 18.4. The fraction of sp³-hybridized carbons (Fsp3) is 0.222. The van der Waals surface area contributed by atoms with Crippen LogP contribution in [0.3, 0.4) is 0 Å². The first-order valence-corrected chi connectivity index (χ1v) is 10.2. The molecular weight excluding hydrogens is 455 g/mol. The second-order valence-corrected chi connectivity index (χ2v) is 7.33. The zero-order chi connectivity index (χ0) is 20.9. The van der Waals surface area contributed by atoms with Crippen molar-refractivity contribution in [1.82, 2.24) is 0 Å². The third kappa shape index (κ3) is 5.20. The molecule has 0 unspecified atom stereocenters. The lowest BCUT2D eigenvalue weighted by Gasteiger charge is -2.14. The molecule has 152 valence electrons. The van der Waals surface area contributed by atoms with Gasteiger partial charge < -0.3 is 23.5 Å². The van der Waals surface area contributed by atoms with Gasteiger partial charge in [-0.25, -0.2) is 4.57 Å². The van der Waals surface area contributed by atoms with E-state index in [-0.39, 0.29) is 10.2 Å². The lowest BCUT2D eigenvalue weighted by Crippen LogP contribution is -1.96. The van der Waals surface area contributed by atoms with Crippen molar-refractivity contribution in [2.75, 3.05) is 28.4 Å². The molecule has 0 atom stereocenters. The Hall–Kier alpha value is -2.19. The number of phosphoric ester groups is 1. The summed E-state index contributed by atoms with van der Waals surface area (Å²) in [6.07, 6.45) is 3.35. The largest absolute Gasteiger partial charge is 0.524 e. The Morgan fingerprint density at radius 1 is 0.857 bits per heavy atom. The molecule has 0 saturated carbocycles. The maximum atomic E-state index is 11.4. The number of ether oxygens (including phenoxy) is 4. The molecule has 0 aliphatic carbocycles. The zero-order valence-electron chi connectivity index (χ0n) is 15.6. The van der Waals surface area contributed by atoms with Crippen LogP contribution in [-0.2, 0) is 4.57 Å². The van der Waals surface area contributed by atoms with Crippen LogP contribution in [0.15, 0.2) is 28.7 Å². The molecule has 2 aromatic carbocycles. The summed E-state index contributed by atoms with van der Waals surface area (Å²) in [6.45, 7) is 0. The molecule has 0 bridgehead atoms. The Balaban J connectivity index is 2.52. The highest BCUT2D eigenvalue weighted by Gasteiger charge is 2.22. The normalized spacial score (nSPS) is 11.4. The minimum absolute atomic E-state index is 0.0450. The molecule has 8 nitrogen and oxygen atoms in total. The molecule has 2 aromatic rings. The molecule has 2 rings (SSSR count). The quantitative estimate of drug-likeness (QED) is 0.434. The molecule has 0 spiro atoms. The predicted octanol–water partition coefficient (Wildman–Crippen LogP) is 4.13. The van der Waals surface area contributed by atoms with E-state index >= 15 is 0 Å². The molecule has 28 heavy (non-hydrogen) atoms. The van der Waals surface area contributed by atoms with Crippen LogP contribution in [0, 0.1) is 0 Å². The van der Waals surface area contributed by atoms with Crippen LogP contribution in [0.25, 0.3) is 12.2 Å². The Labute approximate surface area is 171 Å². The van der Waals surface area contributed by atoms with Gasteiger partial charge in [0.1, 0.15) is 10.2 Å². The fourth-order valence-electron chi connectivity index (χ4n) is 2.44. The number of hydrogen-bond acceptors (Lipinski definition) is 6. The molecule has 10 heteroatoms. The van der Waals surface area contributed by atoms with Gasteiger partial charge in [0.05, 0.1) is 28.4 Å². The van der Waals surface area contributed by atoms with E-state index in [1.54, 1.807) is 36.4 Å². The molecule has 0 radical (unpaired) electrons. The van der Waals surface area contributed by atoms with Crippen LogP contribution in [0.4, 0.5) is 0 Å². The van der Waals surface area contributed by atoms with Crippen molar-refractivity contribution in [2.24, 2.45) is 0 Å². The number of methoxy groups -OCH3 is 4. The lowest BCUT2D eigenvalue weighted by atomic mass is 10.1. The average Bonchev–Trinajstić information content (AvgIpc) is 2.66. The van der Waals surface area contributed by atoms with E-state index < -0.39 is 7.82 Å². The van der Waals surface area contributed by atoms with Gasteiger partial charge in [0.25, 0.3) is 0 Å². The number of benzene rings is 2. The molecule has 0 heterocycles. The van der Waals surface area contributed by atoms with Crippen molar-refractivity contribution in [1.29, 1.82) is 0 Å². The van der Waals surface area contributed by atoms with Crippen LogP contribution >= 0.6 is 23.8 Å². The highest BCUT2D eigenvalue weighted by atomic mass is 79.9. The first-order chi connectivity index (χ1) is 13.2. The van der Waals surface area contributed by atoms with E-state index in [0.717, 1.165) is 0 Å². The second kappa shape index (κ2) is 9.34. The summed E-state index contributed by atoms with van der Waals surface area (Å²) >= 11 is 3.25. The third-order valence-corrected chi connectivity index (χ3v) is 4.84. The highest BCUT2D eigenvalue weighted by Crippen LogP contribution is 2.46. The first-order valence-electron chi connectivity index (χ1n) is 7.83. The minimum atomic E-state index is -4.78. The topological polar surface area (TPSA) is 104 Å². The molecular formula is C18H20BrO8P. The third-order valence-electron chi connectivity index (χ3n) is 3.66. The van der Waals surface area contributed by atoms with Gasteiger partial charge in [-0.3, -0.25) is 9.79 Å². The maximum Gasteiger partial charge on any atom is 0.524 e. The van der Waals surface area contributed by atoms with Crippen molar-refractivity contribution >= 4 is 35.9 Å². The Morgan fingerprint density at radius 2 is 1.43 bits per heavy atom. The number of halogens is 1. The molecule has 0 aliphatic heterocycles. The van der Waals surface area contributed by atoms with E-state index in [0.29, 0.717) is 34.1 Å². The van der Waals surface area contributed by atoms with Gasteiger partial charge in [-0.1, -0.05) is 12.2 Å². The summed E-state index contributed by atoms with van der Waals surface area (Å²) in [5, 5.41) is 0. The maximum absolute atomic E-state index is 11.4. The lowest BCUT2D eigenvalue weighted by molar-refractivity contribution is 0.281. The van der Waals surface area contributed by atoms with E-state index in [2.05, 4.69) is 15.9 Å². The summed E-state index contributed by atoms with van der Waals surface area (Å²) in [6, 6.07) is 6.73. The monoisotopic (exact) mass is 474 g/mol. The number of phosphoric acid groups is 1. The number of hydrogen-bond donors (Lipinski definition) is 2. The SMILES string of the molecule is COc1ccc(C=Cc2cc(OC)c(OC)c(OC)c2)c(OP(=O)(O)O)c1Br. The van der Waals surface area contributed by atoms with Gasteiger partial charge in [-0.05, 0) is 45.8 Å². The first kappa shape index (κ1) is 22.1. The molecule has 0 saturated heterocycles. The Morgan fingerprint density at radius 3 is 1.89 bits per heavy atom. The Bertz CT molecular complexity index is 897. The van der Waals surface area contributed by atoms with Crippen LogP contribution in [0.5, 0.6) is 28.7 Å². The summed E-state index contributed by atoms with van der Waals surface area (Å²) in [5.74, 6) is 1.73. The van der Waals surface area contributed by atoms with Gasteiger partial charge in [0.2, 0.25) is 5.75 Å². The van der Waals surface area contributed by atoms with Crippen molar-refractivity contribution in [3.63, 3.8) is 0 Å². The van der Waals surface area contributed by atoms with E-state index in [4.69, 9.17) is 23.5 Å². The van der Waals surface area contributed by atoms with Crippen LogP contribution < -0.4 is 23.5 Å². The second-order valence-electron chi connectivity index (χ2n) is 5.37.